The minimum Gasteiger partial charge on any atom is -0.457 e. The zero-order valence-corrected chi connectivity index (χ0v) is 16.1. The molecule has 2 heterocycles. The van der Waals surface area contributed by atoms with Crippen LogP contribution in [0, 0.1) is 6.92 Å². The maximum absolute atomic E-state index is 12.8. The average Bonchev–Trinajstić information content (AvgIpc) is 3.15. The summed E-state index contributed by atoms with van der Waals surface area (Å²) in [6.45, 7) is 3.65. The van der Waals surface area contributed by atoms with E-state index in [4.69, 9.17) is 4.74 Å². The van der Waals surface area contributed by atoms with Crippen molar-refractivity contribution in [3.05, 3.63) is 76.2 Å². The van der Waals surface area contributed by atoms with E-state index in [-0.39, 0.29) is 5.91 Å². The van der Waals surface area contributed by atoms with Crippen LogP contribution < -0.4 is 4.74 Å². The van der Waals surface area contributed by atoms with E-state index in [0.717, 1.165) is 37.4 Å². The number of likely N-dealkylation sites (tertiary alicyclic amines) is 1. The first-order chi connectivity index (χ1) is 13.2. The molecule has 4 rings (SSSR count). The highest BCUT2D eigenvalue weighted by molar-refractivity contribution is 7.11. The van der Waals surface area contributed by atoms with Crippen LogP contribution in [0.25, 0.3) is 0 Å². The van der Waals surface area contributed by atoms with Crippen molar-refractivity contribution in [1.29, 1.82) is 0 Å². The highest BCUT2D eigenvalue weighted by Gasteiger charge is 2.26. The van der Waals surface area contributed by atoms with Gasteiger partial charge in [-0.2, -0.15) is 0 Å². The van der Waals surface area contributed by atoms with Crippen molar-refractivity contribution in [1.82, 2.24) is 9.88 Å². The number of aryl methyl sites for hydroxylation is 1. The van der Waals surface area contributed by atoms with Crippen LogP contribution in [0.1, 0.15) is 39.0 Å². The summed E-state index contributed by atoms with van der Waals surface area (Å²) in [6, 6.07) is 17.0. The van der Waals surface area contributed by atoms with Crippen LogP contribution in [-0.2, 0) is 0 Å². The molecule has 0 N–H and O–H groups in total. The Balaban J connectivity index is 1.36. The molecule has 0 aliphatic carbocycles. The lowest BCUT2D eigenvalue weighted by Crippen LogP contribution is -2.37. The Kier molecular flexibility index (Phi) is 5.21. The summed E-state index contributed by atoms with van der Waals surface area (Å²) in [7, 11) is 0. The van der Waals surface area contributed by atoms with Crippen molar-refractivity contribution in [2.45, 2.75) is 25.7 Å². The summed E-state index contributed by atoms with van der Waals surface area (Å²) in [5.41, 5.74) is 0.707. The van der Waals surface area contributed by atoms with Gasteiger partial charge >= 0.3 is 0 Å². The molecule has 4 nitrogen and oxygen atoms in total. The van der Waals surface area contributed by atoms with E-state index in [9.17, 15) is 4.79 Å². The van der Waals surface area contributed by atoms with Gasteiger partial charge < -0.3 is 9.64 Å². The number of thiazole rings is 1. The largest absolute Gasteiger partial charge is 0.457 e. The number of amides is 1. The number of hydrogen-bond donors (Lipinski definition) is 0. The van der Waals surface area contributed by atoms with E-state index in [1.807, 2.05) is 65.7 Å². The first-order valence-electron chi connectivity index (χ1n) is 9.23. The molecule has 138 valence electrons. The molecule has 0 atom stereocenters. The number of ether oxygens (including phenoxy) is 1. The van der Waals surface area contributed by atoms with Crippen LogP contribution in [0.5, 0.6) is 11.5 Å². The van der Waals surface area contributed by atoms with Crippen LogP contribution in [0.3, 0.4) is 0 Å². The van der Waals surface area contributed by atoms with E-state index in [0.29, 0.717) is 11.5 Å². The first kappa shape index (κ1) is 17.7. The molecule has 0 radical (unpaired) electrons. The quantitative estimate of drug-likeness (QED) is 0.622. The summed E-state index contributed by atoms with van der Waals surface area (Å²) in [5.74, 6) is 2.09. The van der Waals surface area contributed by atoms with E-state index >= 15 is 0 Å². The Morgan fingerprint density at radius 2 is 1.70 bits per heavy atom. The first-order valence-corrected chi connectivity index (χ1v) is 10.1. The van der Waals surface area contributed by atoms with E-state index in [2.05, 4.69) is 11.9 Å². The highest BCUT2D eigenvalue weighted by Crippen LogP contribution is 2.31. The van der Waals surface area contributed by atoms with Gasteiger partial charge in [-0.05, 0) is 56.2 Å². The summed E-state index contributed by atoms with van der Waals surface area (Å²) in [6.07, 6.45) is 3.90. The van der Waals surface area contributed by atoms with Crippen molar-refractivity contribution < 1.29 is 9.53 Å². The smallest absolute Gasteiger partial charge is 0.253 e. The maximum atomic E-state index is 12.8. The summed E-state index contributed by atoms with van der Waals surface area (Å²) in [4.78, 5) is 20.5. The topological polar surface area (TPSA) is 42.4 Å². The van der Waals surface area contributed by atoms with Crippen LogP contribution in [0.15, 0.2) is 60.8 Å². The number of carbonyl (C=O) groups is 1. The number of rotatable bonds is 4. The molecule has 1 fully saturated rings. The minimum atomic E-state index is 0.0926. The molecule has 2 aromatic carbocycles. The second-order valence-electron chi connectivity index (χ2n) is 6.82. The Bertz CT molecular complexity index is 898. The fraction of sp³-hybridized carbons (Fsp3) is 0.273. The van der Waals surface area contributed by atoms with Gasteiger partial charge in [0.25, 0.3) is 5.91 Å². The van der Waals surface area contributed by atoms with Crippen molar-refractivity contribution in [2.75, 3.05) is 13.1 Å². The van der Waals surface area contributed by atoms with Crippen LogP contribution in [0.2, 0.25) is 0 Å². The average molecular weight is 378 g/mol. The van der Waals surface area contributed by atoms with Crippen molar-refractivity contribution >= 4 is 17.2 Å². The molecular weight excluding hydrogens is 356 g/mol. The number of hydrogen-bond acceptors (Lipinski definition) is 4. The van der Waals surface area contributed by atoms with E-state index in [1.54, 1.807) is 11.3 Å². The zero-order valence-electron chi connectivity index (χ0n) is 15.3. The third kappa shape index (κ3) is 4.19. The van der Waals surface area contributed by atoms with E-state index < -0.39 is 0 Å². The lowest BCUT2D eigenvalue weighted by Gasteiger charge is -2.31. The lowest BCUT2D eigenvalue weighted by atomic mass is 9.97. The van der Waals surface area contributed by atoms with Crippen molar-refractivity contribution in [2.24, 2.45) is 0 Å². The Morgan fingerprint density at radius 1 is 1.04 bits per heavy atom. The van der Waals surface area contributed by atoms with Gasteiger partial charge in [0, 0.05) is 35.6 Å². The highest BCUT2D eigenvalue weighted by atomic mass is 32.1. The minimum absolute atomic E-state index is 0.0926. The number of nitrogens with zero attached hydrogens (tertiary/aromatic N) is 2. The maximum Gasteiger partial charge on any atom is 0.253 e. The van der Waals surface area contributed by atoms with Gasteiger partial charge in [0.2, 0.25) is 0 Å². The molecule has 1 saturated heterocycles. The second-order valence-corrected chi connectivity index (χ2v) is 8.08. The Morgan fingerprint density at radius 3 is 2.33 bits per heavy atom. The molecule has 1 aliphatic heterocycles. The molecule has 1 amide bonds. The van der Waals surface area contributed by atoms with Crippen LogP contribution in [0.4, 0.5) is 0 Å². The molecule has 5 heteroatoms. The van der Waals surface area contributed by atoms with Crippen LogP contribution in [-0.4, -0.2) is 28.9 Å². The van der Waals surface area contributed by atoms with Gasteiger partial charge in [0.1, 0.15) is 11.5 Å². The van der Waals surface area contributed by atoms with Crippen molar-refractivity contribution in [3.63, 3.8) is 0 Å². The molecular formula is C22H22N2O2S. The van der Waals surface area contributed by atoms with Crippen molar-refractivity contribution in [3.8, 4) is 11.5 Å². The molecule has 0 unspecified atom stereocenters. The zero-order chi connectivity index (χ0) is 18.6. The fourth-order valence-corrected chi connectivity index (χ4v) is 4.31. The van der Waals surface area contributed by atoms with Gasteiger partial charge in [-0.15, -0.1) is 11.3 Å². The molecule has 0 bridgehead atoms. The van der Waals surface area contributed by atoms with Gasteiger partial charge in [-0.25, -0.2) is 4.98 Å². The summed E-state index contributed by atoms with van der Waals surface area (Å²) in [5, 5.41) is 1.21. The lowest BCUT2D eigenvalue weighted by molar-refractivity contribution is 0.0713. The number of carbonyl (C=O) groups excluding carboxylic acids is 1. The van der Waals surface area contributed by atoms with E-state index in [1.165, 1.54) is 9.88 Å². The predicted octanol–water partition coefficient (Wildman–Crippen LogP) is 5.26. The molecule has 0 saturated carbocycles. The predicted molar refractivity (Wildman–Crippen MR) is 108 cm³/mol. The summed E-state index contributed by atoms with van der Waals surface area (Å²) >= 11 is 1.77. The SMILES string of the molecule is Cc1cnc(C2CCN(C(=O)c3ccc(Oc4ccccc4)cc3)CC2)s1. The Labute approximate surface area is 163 Å². The third-order valence-electron chi connectivity index (χ3n) is 4.85. The second kappa shape index (κ2) is 7.92. The van der Waals surface area contributed by atoms with Gasteiger partial charge in [0.15, 0.2) is 0 Å². The standard InChI is InChI=1S/C22H22N2O2S/c1-16-15-23-21(27-16)17-11-13-24(14-12-17)22(25)18-7-9-20(10-8-18)26-19-5-3-2-4-6-19/h2-10,15,17H,11-14H2,1H3. The molecule has 0 spiro atoms. The van der Waals surface area contributed by atoms with Crippen LogP contribution >= 0.6 is 11.3 Å². The third-order valence-corrected chi connectivity index (χ3v) is 5.93. The number of aromatic nitrogens is 1. The normalized spacial score (nSPS) is 14.9. The van der Waals surface area contributed by atoms with Gasteiger partial charge in [0.05, 0.1) is 5.01 Å². The number of piperidine rings is 1. The summed E-state index contributed by atoms with van der Waals surface area (Å²) < 4.78 is 5.79. The number of benzene rings is 2. The number of para-hydroxylation sites is 1. The fourth-order valence-electron chi connectivity index (χ4n) is 3.36. The van der Waals surface area contributed by atoms with Gasteiger partial charge in [-0.1, -0.05) is 18.2 Å². The molecule has 1 aromatic heterocycles. The van der Waals surface area contributed by atoms with Gasteiger partial charge in [-0.3, -0.25) is 4.79 Å². The molecule has 1 aliphatic rings. The molecule has 27 heavy (non-hydrogen) atoms. The monoisotopic (exact) mass is 378 g/mol. The Hall–Kier alpha value is -2.66. The molecule has 3 aromatic rings.